The van der Waals surface area contributed by atoms with Crippen molar-refractivity contribution in [2.24, 2.45) is 5.92 Å². The Hall–Kier alpha value is -0.790. The third-order valence-electron chi connectivity index (χ3n) is 4.32. The molecule has 2 atom stereocenters. The summed E-state index contributed by atoms with van der Waals surface area (Å²) < 4.78 is 0. The summed E-state index contributed by atoms with van der Waals surface area (Å²) in [6.07, 6.45) is 10.6. The van der Waals surface area contributed by atoms with Crippen molar-refractivity contribution >= 4 is 5.78 Å². The number of piperidine rings is 1. The molecule has 0 N–H and O–H groups in total. The number of fused-ring (bicyclic) bond motifs is 1. The molecule has 0 aromatic heterocycles. The average Bonchev–Trinajstić information content (AvgIpc) is 2.84. The van der Waals surface area contributed by atoms with E-state index in [1.807, 2.05) is 6.08 Å². The molecule has 2 nitrogen and oxygen atoms in total. The maximum Gasteiger partial charge on any atom is 0.157 e. The molecule has 0 radical (unpaired) electrons. The zero-order valence-electron chi connectivity index (χ0n) is 9.24. The average molecular weight is 205 g/mol. The van der Waals surface area contributed by atoms with Gasteiger partial charge in [0.05, 0.1) is 0 Å². The van der Waals surface area contributed by atoms with Gasteiger partial charge in [0.1, 0.15) is 0 Å². The van der Waals surface area contributed by atoms with Gasteiger partial charge in [-0.25, -0.2) is 0 Å². The molecule has 1 saturated carbocycles. The predicted octanol–water partition coefficient (Wildman–Crippen LogP) is 2.50. The Morgan fingerprint density at radius 3 is 2.80 bits per heavy atom. The zero-order chi connectivity index (χ0) is 10.3. The van der Waals surface area contributed by atoms with Gasteiger partial charge in [-0.2, -0.15) is 0 Å². The molecule has 1 saturated heterocycles. The number of rotatable bonds is 1. The van der Waals surface area contributed by atoms with E-state index < -0.39 is 0 Å². The summed E-state index contributed by atoms with van der Waals surface area (Å²) in [6, 6.07) is 0.774. The maximum absolute atomic E-state index is 11.3. The van der Waals surface area contributed by atoms with Crippen LogP contribution in [-0.2, 0) is 4.79 Å². The van der Waals surface area contributed by atoms with Crippen LogP contribution in [0.15, 0.2) is 11.8 Å². The standard InChI is InChI=1S/C13H19NO/c15-12-7-6-11(9-12)14-8-2-4-10-3-1-5-13(10)14/h9-10,13H,1-8H2. The molecular weight excluding hydrogens is 186 g/mol. The molecule has 1 aliphatic heterocycles. The van der Waals surface area contributed by atoms with Gasteiger partial charge >= 0.3 is 0 Å². The van der Waals surface area contributed by atoms with Crippen molar-refractivity contribution in [3.8, 4) is 0 Å². The molecular formula is C13H19NO. The van der Waals surface area contributed by atoms with Crippen LogP contribution in [0.1, 0.15) is 44.9 Å². The summed E-state index contributed by atoms with van der Waals surface area (Å²) >= 11 is 0. The molecule has 2 unspecified atom stereocenters. The quantitative estimate of drug-likeness (QED) is 0.655. The summed E-state index contributed by atoms with van der Waals surface area (Å²) in [5.74, 6) is 1.26. The fourth-order valence-corrected chi connectivity index (χ4v) is 3.62. The smallest absolute Gasteiger partial charge is 0.157 e. The van der Waals surface area contributed by atoms with E-state index in [4.69, 9.17) is 0 Å². The third kappa shape index (κ3) is 1.60. The molecule has 15 heavy (non-hydrogen) atoms. The molecule has 0 spiro atoms. The van der Waals surface area contributed by atoms with Crippen LogP contribution in [0.4, 0.5) is 0 Å². The molecule has 0 aromatic carbocycles. The van der Waals surface area contributed by atoms with Gasteiger partial charge in [0.2, 0.25) is 0 Å². The fourth-order valence-electron chi connectivity index (χ4n) is 3.62. The lowest BCUT2D eigenvalue weighted by Crippen LogP contribution is -2.41. The van der Waals surface area contributed by atoms with E-state index in [9.17, 15) is 4.79 Å². The van der Waals surface area contributed by atoms with Crippen molar-refractivity contribution in [2.45, 2.75) is 51.0 Å². The van der Waals surface area contributed by atoms with Gasteiger partial charge in [-0.05, 0) is 38.0 Å². The molecule has 3 rings (SSSR count). The van der Waals surface area contributed by atoms with E-state index in [-0.39, 0.29) is 0 Å². The normalized spacial score (nSPS) is 35.6. The molecule has 0 bridgehead atoms. The second kappa shape index (κ2) is 3.66. The van der Waals surface area contributed by atoms with Crippen molar-refractivity contribution in [2.75, 3.05) is 6.54 Å². The number of ketones is 1. The molecule has 2 aliphatic carbocycles. The van der Waals surface area contributed by atoms with Gasteiger partial charge in [-0.1, -0.05) is 6.42 Å². The second-order valence-corrected chi connectivity index (χ2v) is 5.20. The van der Waals surface area contributed by atoms with E-state index in [1.54, 1.807) is 0 Å². The molecule has 82 valence electrons. The minimum absolute atomic E-state index is 0.338. The van der Waals surface area contributed by atoms with E-state index in [0.717, 1.165) is 24.8 Å². The Labute approximate surface area is 91.3 Å². The zero-order valence-corrected chi connectivity index (χ0v) is 9.24. The Kier molecular flexibility index (Phi) is 2.30. The van der Waals surface area contributed by atoms with Crippen molar-refractivity contribution in [1.82, 2.24) is 4.90 Å². The minimum atomic E-state index is 0.338. The summed E-state index contributed by atoms with van der Waals surface area (Å²) in [7, 11) is 0. The van der Waals surface area contributed by atoms with Gasteiger partial charge in [-0.3, -0.25) is 4.79 Å². The van der Waals surface area contributed by atoms with Crippen molar-refractivity contribution in [3.63, 3.8) is 0 Å². The molecule has 1 heterocycles. The van der Waals surface area contributed by atoms with E-state index >= 15 is 0 Å². The number of hydrogen-bond acceptors (Lipinski definition) is 2. The van der Waals surface area contributed by atoms with E-state index in [1.165, 1.54) is 44.3 Å². The summed E-state index contributed by atoms with van der Waals surface area (Å²) in [5.41, 5.74) is 1.34. The Morgan fingerprint density at radius 2 is 2.00 bits per heavy atom. The molecule has 2 fully saturated rings. The second-order valence-electron chi connectivity index (χ2n) is 5.20. The van der Waals surface area contributed by atoms with Gasteiger partial charge in [-0.15, -0.1) is 0 Å². The van der Waals surface area contributed by atoms with Crippen LogP contribution in [0.3, 0.4) is 0 Å². The van der Waals surface area contributed by atoms with Crippen molar-refractivity contribution in [1.29, 1.82) is 0 Å². The van der Waals surface area contributed by atoms with Crippen LogP contribution in [0, 0.1) is 5.92 Å². The Balaban J connectivity index is 1.79. The summed E-state index contributed by atoms with van der Waals surface area (Å²) in [4.78, 5) is 13.8. The van der Waals surface area contributed by atoms with Gasteiger partial charge in [0, 0.05) is 30.8 Å². The number of allylic oxidation sites excluding steroid dienone is 2. The maximum atomic E-state index is 11.3. The van der Waals surface area contributed by atoms with Crippen LogP contribution >= 0.6 is 0 Å². The molecule has 0 aromatic rings. The number of carbonyl (C=O) groups is 1. The highest BCUT2D eigenvalue weighted by molar-refractivity contribution is 5.92. The summed E-state index contributed by atoms with van der Waals surface area (Å²) in [6.45, 7) is 1.19. The highest BCUT2D eigenvalue weighted by Crippen LogP contribution is 2.39. The largest absolute Gasteiger partial charge is 0.371 e. The highest BCUT2D eigenvalue weighted by atomic mass is 16.1. The van der Waals surface area contributed by atoms with Crippen LogP contribution in [-0.4, -0.2) is 23.3 Å². The van der Waals surface area contributed by atoms with Crippen LogP contribution < -0.4 is 0 Å². The Bertz CT molecular complexity index is 308. The minimum Gasteiger partial charge on any atom is -0.371 e. The van der Waals surface area contributed by atoms with E-state index in [2.05, 4.69) is 4.90 Å². The number of likely N-dealkylation sites (tertiary alicyclic amines) is 1. The SMILES string of the molecule is O=C1C=C(N2CCCC3CCCC32)CC1. The molecule has 0 amide bonds. The molecule has 2 heteroatoms. The monoisotopic (exact) mass is 205 g/mol. The first-order chi connectivity index (χ1) is 7.34. The Morgan fingerprint density at radius 1 is 1.13 bits per heavy atom. The van der Waals surface area contributed by atoms with Crippen LogP contribution in [0.2, 0.25) is 0 Å². The number of hydrogen-bond donors (Lipinski definition) is 0. The van der Waals surface area contributed by atoms with E-state index in [0.29, 0.717) is 5.78 Å². The molecule has 3 aliphatic rings. The van der Waals surface area contributed by atoms with Crippen LogP contribution in [0.25, 0.3) is 0 Å². The lowest BCUT2D eigenvalue weighted by atomic mass is 9.91. The first kappa shape index (κ1) is 9.44. The first-order valence-corrected chi connectivity index (χ1v) is 6.34. The van der Waals surface area contributed by atoms with Gasteiger partial charge in [0.15, 0.2) is 5.78 Å². The third-order valence-corrected chi connectivity index (χ3v) is 4.32. The summed E-state index contributed by atoms with van der Waals surface area (Å²) in [5, 5.41) is 0. The van der Waals surface area contributed by atoms with Gasteiger partial charge < -0.3 is 4.90 Å². The first-order valence-electron chi connectivity index (χ1n) is 6.34. The van der Waals surface area contributed by atoms with Crippen LogP contribution in [0.5, 0.6) is 0 Å². The number of carbonyl (C=O) groups excluding carboxylic acids is 1. The fraction of sp³-hybridized carbons (Fsp3) is 0.769. The lowest BCUT2D eigenvalue weighted by molar-refractivity contribution is -0.114. The van der Waals surface area contributed by atoms with Gasteiger partial charge in [0.25, 0.3) is 0 Å². The van der Waals surface area contributed by atoms with Crippen molar-refractivity contribution in [3.05, 3.63) is 11.8 Å². The predicted molar refractivity (Wildman–Crippen MR) is 59.4 cm³/mol. The van der Waals surface area contributed by atoms with Crippen molar-refractivity contribution < 1.29 is 4.79 Å². The highest BCUT2D eigenvalue weighted by Gasteiger charge is 2.36. The number of nitrogens with zero attached hydrogens (tertiary/aromatic N) is 1. The topological polar surface area (TPSA) is 20.3 Å². The lowest BCUT2D eigenvalue weighted by Gasteiger charge is -2.40.